The Hall–Kier alpha value is -3.15. The zero-order valence-corrected chi connectivity index (χ0v) is 18.0. The summed E-state index contributed by atoms with van der Waals surface area (Å²) < 4.78 is 35.4. The maximum atomic E-state index is 15.3. The number of alkyl carbamates (subject to hydrolysis) is 1. The first-order valence-corrected chi connectivity index (χ1v) is 10.2. The van der Waals surface area contributed by atoms with Gasteiger partial charge in [0, 0.05) is 22.7 Å². The van der Waals surface area contributed by atoms with Gasteiger partial charge in [-0.05, 0) is 52.9 Å². The lowest BCUT2D eigenvalue weighted by molar-refractivity contribution is 0.0490. The number of aryl methyl sites for hydroxylation is 1. The van der Waals surface area contributed by atoms with Crippen LogP contribution in [0.1, 0.15) is 79.6 Å². The summed E-state index contributed by atoms with van der Waals surface area (Å²) in [7, 11) is 0. The Morgan fingerprint density at radius 3 is 2.52 bits per heavy atom. The number of carbonyl (C=O) groups is 2. The molecule has 1 fully saturated rings. The van der Waals surface area contributed by atoms with Crippen LogP contribution in [0, 0.1) is 29.9 Å². The van der Waals surface area contributed by atoms with Crippen LogP contribution in [-0.4, -0.2) is 28.6 Å². The molecule has 1 saturated carbocycles. The number of aromatic amines is 1. The molecule has 1 aromatic heterocycles. The average Bonchev–Trinajstić information content (AvgIpc) is 2.96. The number of H-pyrrole nitrogens is 1. The van der Waals surface area contributed by atoms with E-state index in [1.165, 1.54) is 0 Å². The molecule has 31 heavy (non-hydrogen) atoms. The van der Waals surface area contributed by atoms with Gasteiger partial charge in [-0.15, -0.1) is 0 Å². The predicted molar refractivity (Wildman–Crippen MR) is 111 cm³/mol. The number of nitrogens with one attached hydrogen (secondary N) is 2. The Bertz CT molecular complexity index is 1100. The number of nitrogens with two attached hydrogens (primary N) is 1. The first kappa shape index (κ1) is 22.5. The summed E-state index contributed by atoms with van der Waals surface area (Å²) in [5.41, 5.74) is 4.64. The SMILES string of the molecule is Cc1[nH]c2c(C(N)=O)c(F)c(F)c(C3CCCC(NC(=O)OC(C)(C)C)C3)c2c1C#N. The Kier molecular flexibility index (Phi) is 5.94. The maximum absolute atomic E-state index is 15.3. The molecule has 0 bridgehead atoms. The molecule has 2 aromatic rings. The number of nitrogens with zero attached hydrogens (tertiary/aromatic N) is 1. The molecule has 7 nitrogen and oxygen atoms in total. The van der Waals surface area contributed by atoms with Crippen molar-refractivity contribution in [3.63, 3.8) is 0 Å². The van der Waals surface area contributed by atoms with Gasteiger partial charge in [0.1, 0.15) is 17.2 Å². The second-order valence-electron chi connectivity index (χ2n) is 8.97. The smallest absolute Gasteiger partial charge is 0.407 e. The van der Waals surface area contributed by atoms with Crippen molar-refractivity contribution >= 4 is 22.9 Å². The summed E-state index contributed by atoms with van der Waals surface area (Å²) in [6, 6.07) is 1.72. The van der Waals surface area contributed by atoms with Crippen LogP contribution in [0.3, 0.4) is 0 Å². The topological polar surface area (TPSA) is 121 Å². The molecule has 2 atom stereocenters. The monoisotopic (exact) mass is 432 g/mol. The number of hydrogen-bond acceptors (Lipinski definition) is 4. The molecule has 3 rings (SSSR count). The van der Waals surface area contributed by atoms with E-state index in [0.29, 0.717) is 31.4 Å². The minimum absolute atomic E-state index is 0.0256. The Morgan fingerprint density at radius 1 is 1.26 bits per heavy atom. The highest BCUT2D eigenvalue weighted by atomic mass is 19.2. The zero-order chi connectivity index (χ0) is 23.1. The van der Waals surface area contributed by atoms with Gasteiger partial charge in [0.15, 0.2) is 11.6 Å². The molecule has 2 amide bonds. The zero-order valence-electron chi connectivity index (χ0n) is 18.0. The summed E-state index contributed by atoms with van der Waals surface area (Å²) >= 11 is 0. The van der Waals surface area contributed by atoms with E-state index in [1.54, 1.807) is 27.7 Å². The number of ether oxygens (including phenoxy) is 1. The number of halogens is 2. The predicted octanol–water partition coefficient (Wildman–Crippen LogP) is 4.28. The van der Waals surface area contributed by atoms with Crippen LogP contribution in [0.15, 0.2) is 0 Å². The summed E-state index contributed by atoms with van der Waals surface area (Å²) in [5.74, 6) is -4.09. The van der Waals surface area contributed by atoms with E-state index < -0.39 is 40.7 Å². The maximum Gasteiger partial charge on any atom is 0.407 e. The number of rotatable bonds is 3. The van der Waals surface area contributed by atoms with Gasteiger partial charge in [0.05, 0.1) is 11.1 Å². The van der Waals surface area contributed by atoms with Crippen molar-refractivity contribution in [3.8, 4) is 6.07 Å². The lowest BCUT2D eigenvalue weighted by Gasteiger charge is -2.31. The Morgan fingerprint density at radius 2 is 1.94 bits per heavy atom. The number of aromatic nitrogens is 1. The van der Waals surface area contributed by atoms with Crippen LogP contribution >= 0.6 is 0 Å². The standard InChI is InChI=1S/C22H26F2N4O3/c1-10-13(9-25)15-14(17(23)18(24)16(20(26)29)19(15)27-10)11-6-5-7-12(8-11)28-21(30)31-22(2,3)4/h11-12,27H,5-8H2,1-4H3,(H2,26,29)(H,28,30). The Labute approximate surface area is 178 Å². The fourth-order valence-electron chi connectivity index (χ4n) is 4.34. The van der Waals surface area contributed by atoms with E-state index in [4.69, 9.17) is 10.5 Å². The van der Waals surface area contributed by atoms with E-state index in [9.17, 15) is 19.2 Å². The molecule has 166 valence electrons. The van der Waals surface area contributed by atoms with Crippen molar-refractivity contribution in [2.24, 2.45) is 5.73 Å². The van der Waals surface area contributed by atoms with Crippen LogP contribution < -0.4 is 11.1 Å². The van der Waals surface area contributed by atoms with Crippen molar-refractivity contribution in [2.75, 3.05) is 0 Å². The van der Waals surface area contributed by atoms with Gasteiger partial charge in [-0.3, -0.25) is 4.79 Å². The highest BCUT2D eigenvalue weighted by molar-refractivity contribution is 6.08. The number of primary amides is 1. The van der Waals surface area contributed by atoms with E-state index in [-0.39, 0.29) is 28.1 Å². The van der Waals surface area contributed by atoms with E-state index in [1.807, 2.05) is 6.07 Å². The number of hydrogen-bond donors (Lipinski definition) is 3. The Balaban J connectivity index is 2.05. The van der Waals surface area contributed by atoms with Crippen molar-refractivity contribution in [1.82, 2.24) is 10.3 Å². The fraction of sp³-hybridized carbons (Fsp3) is 0.500. The molecule has 1 aliphatic carbocycles. The largest absolute Gasteiger partial charge is 0.444 e. The van der Waals surface area contributed by atoms with Crippen molar-refractivity contribution in [1.29, 1.82) is 5.26 Å². The third-order valence-electron chi connectivity index (χ3n) is 5.52. The molecule has 9 heteroatoms. The van der Waals surface area contributed by atoms with Gasteiger partial charge in [0.2, 0.25) is 0 Å². The number of amides is 2. The molecule has 0 saturated heterocycles. The number of fused-ring (bicyclic) bond motifs is 1. The van der Waals surface area contributed by atoms with Crippen LogP contribution in [0.25, 0.3) is 10.9 Å². The number of carbonyl (C=O) groups excluding carboxylic acids is 2. The van der Waals surface area contributed by atoms with Gasteiger partial charge in [-0.2, -0.15) is 5.26 Å². The van der Waals surface area contributed by atoms with Gasteiger partial charge in [-0.1, -0.05) is 6.42 Å². The quantitative estimate of drug-likeness (QED) is 0.670. The van der Waals surface area contributed by atoms with Crippen molar-refractivity contribution in [2.45, 2.75) is 70.9 Å². The van der Waals surface area contributed by atoms with E-state index >= 15 is 4.39 Å². The van der Waals surface area contributed by atoms with Gasteiger partial charge in [0.25, 0.3) is 5.91 Å². The summed E-state index contributed by atoms with van der Waals surface area (Å²) in [6.07, 6.45) is 1.64. The van der Waals surface area contributed by atoms with Crippen LogP contribution in [0.2, 0.25) is 0 Å². The van der Waals surface area contributed by atoms with E-state index in [0.717, 1.165) is 0 Å². The third-order valence-corrected chi connectivity index (χ3v) is 5.52. The second-order valence-corrected chi connectivity index (χ2v) is 8.97. The minimum Gasteiger partial charge on any atom is -0.444 e. The minimum atomic E-state index is -1.33. The molecule has 2 unspecified atom stereocenters. The molecule has 0 spiro atoms. The molecule has 0 aliphatic heterocycles. The first-order valence-electron chi connectivity index (χ1n) is 10.2. The molecule has 1 aromatic carbocycles. The number of benzene rings is 1. The average molecular weight is 432 g/mol. The van der Waals surface area contributed by atoms with Crippen molar-refractivity contribution < 1.29 is 23.1 Å². The lowest BCUT2D eigenvalue weighted by Crippen LogP contribution is -2.41. The first-order chi connectivity index (χ1) is 14.4. The number of nitriles is 1. The van der Waals surface area contributed by atoms with Gasteiger partial charge < -0.3 is 20.8 Å². The molecule has 0 radical (unpaired) electrons. The van der Waals surface area contributed by atoms with E-state index in [2.05, 4.69) is 10.3 Å². The molecule has 4 N–H and O–H groups in total. The third kappa shape index (κ3) is 4.33. The van der Waals surface area contributed by atoms with Gasteiger partial charge in [-0.25, -0.2) is 13.6 Å². The highest BCUT2D eigenvalue weighted by Crippen LogP contribution is 2.42. The molecular formula is C22H26F2N4O3. The normalized spacial score (nSPS) is 19.1. The summed E-state index contributed by atoms with van der Waals surface area (Å²) in [5, 5.41) is 12.6. The molecule has 1 aliphatic rings. The van der Waals surface area contributed by atoms with Crippen LogP contribution in [-0.2, 0) is 4.74 Å². The van der Waals surface area contributed by atoms with Crippen LogP contribution in [0.4, 0.5) is 13.6 Å². The lowest BCUT2D eigenvalue weighted by atomic mass is 9.79. The molecular weight excluding hydrogens is 406 g/mol. The van der Waals surface area contributed by atoms with Crippen molar-refractivity contribution in [3.05, 3.63) is 34.0 Å². The molecule has 1 heterocycles. The van der Waals surface area contributed by atoms with Gasteiger partial charge >= 0.3 is 6.09 Å². The summed E-state index contributed by atoms with van der Waals surface area (Å²) in [4.78, 5) is 26.8. The van der Waals surface area contributed by atoms with Crippen LogP contribution in [0.5, 0.6) is 0 Å². The summed E-state index contributed by atoms with van der Waals surface area (Å²) in [6.45, 7) is 6.85. The fourth-order valence-corrected chi connectivity index (χ4v) is 4.34. The highest BCUT2D eigenvalue weighted by Gasteiger charge is 2.34. The second kappa shape index (κ2) is 8.17.